The maximum atomic E-state index is 12.4. The lowest BCUT2D eigenvalue weighted by molar-refractivity contribution is 0.0709. The summed E-state index contributed by atoms with van der Waals surface area (Å²) in [6.45, 7) is 2.28. The Morgan fingerprint density at radius 2 is 2.00 bits per heavy atom. The first-order valence-corrected chi connectivity index (χ1v) is 7.50. The Hall–Kier alpha value is -1.55. The number of hydrogen-bond acceptors (Lipinski definition) is 3. The van der Waals surface area contributed by atoms with Crippen molar-refractivity contribution in [1.29, 1.82) is 0 Å². The molecular formula is C16H22N2O2. The summed E-state index contributed by atoms with van der Waals surface area (Å²) in [5.74, 6) is 1.67. The lowest BCUT2D eigenvalue weighted by Gasteiger charge is -2.30. The summed E-state index contributed by atoms with van der Waals surface area (Å²) in [7, 11) is 0. The Labute approximate surface area is 119 Å². The zero-order valence-corrected chi connectivity index (χ0v) is 11.8. The van der Waals surface area contributed by atoms with Gasteiger partial charge < -0.3 is 15.4 Å². The van der Waals surface area contributed by atoms with Crippen molar-refractivity contribution in [3.63, 3.8) is 0 Å². The van der Waals surface area contributed by atoms with Gasteiger partial charge in [-0.1, -0.05) is 0 Å². The predicted molar refractivity (Wildman–Crippen MR) is 77.8 cm³/mol. The summed E-state index contributed by atoms with van der Waals surface area (Å²) >= 11 is 0. The van der Waals surface area contributed by atoms with Gasteiger partial charge in [-0.05, 0) is 55.9 Å². The van der Waals surface area contributed by atoms with E-state index in [9.17, 15) is 4.79 Å². The van der Waals surface area contributed by atoms with Gasteiger partial charge in [0, 0.05) is 24.7 Å². The molecule has 0 bridgehead atoms. The summed E-state index contributed by atoms with van der Waals surface area (Å²) < 4.78 is 5.68. The van der Waals surface area contributed by atoms with Crippen molar-refractivity contribution in [2.75, 3.05) is 19.7 Å². The SMILES string of the molecule is NC1CCCN(C(=O)c2ccc(OCC3CC3)cc2)C1. The lowest BCUT2D eigenvalue weighted by Crippen LogP contribution is -2.45. The van der Waals surface area contributed by atoms with Crippen LogP contribution in [0.5, 0.6) is 5.75 Å². The molecule has 1 unspecified atom stereocenters. The van der Waals surface area contributed by atoms with Gasteiger partial charge in [-0.25, -0.2) is 0 Å². The van der Waals surface area contributed by atoms with Gasteiger partial charge in [0.05, 0.1) is 6.61 Å². The molecular weight excluding hydrogens is 252 g/mol. The summed E-state index contributed by atoms with van der Waals surface area (Å²) in [5, 5.41) is 0. The molecule has 20 heavy (non-hydrogen) atoms. The normalized spacial score (nSPS) is 22.6. The second-order valence-corrected chi connectivity index (χ2v) is 5.93. The van der Waals surface area contributed by atoms with Crippen molar-refractivity contribution >= 4 is 5.91 Å². The fourth-order valence-electron chi connectivity index (χ4n) is 2.57. The van der Waals surface area contributed by atoms with Crippen molar-refractivity contribution in [1.82, 2.24) is 4.90 Å². The van der Waals surface area contributed by atoms with E-state index in [-0.39, 0.29) is 11.9 Å². The standard InChI is InChI=1S/C16H22N2O2/c17-14-2-1-9-18(10-14)16(19)13-5-7-15(8-6-13)20-11-12-3-4-12/h5-8,12,14H,1-4,9-11,17H2. The summed E-state index contributed by atoms with van der Waals surface area (Å²) in [4.78, 5) is 14.2. The Kier molecular flexibility index (Phi) is 3.92. The van der Waals surface area contributed by atoms with Gasteiger partial charge in [0.2, 0.25) is 0 Å². The first kappa shape index (κ1) is 13.4. The number of piperidine rings is 1. The highest BCUT2D eigenvalue weighted by atomic mass is 16.5. The third-order valence-corrected chi connectivity index (χ3v) is 4.03. The molecule has 1 atom stereocenters. The molecule has 1 aliphatic heterocycles. The van der Waals surface area contributed by atoms with E-state index in [1.54, 1.807) is 0 Å². The number of likely N-dealkylation sites (tertiary alicyclic amines) is 1. The third kappa shape index (κ3) is 3.31. The third-order valence-electron chi connectivity index (χ3n) is 4.03. The maximum Gasteiger partial charge on any atom is 0.253 e. The zero-order valence-electron chi connectivity index (χ0n) is 11.8. The first-order chi connectivity index (χ1) is 9.72. The maximum absolute atomic E-state index is 12.4. The average Bonchev–Trinajstić information content (AvgIpc) is 3.29. The van der Waals surface area contributed by atoms with Crippen molar-refractivity contribution in [3.8, 4) is 5.75 Å². The van der Waals surface area contributed by atoms with E-state index < -0.39 is 0 Å². The summed E-state index contributed by atoms with van der Waals surface area (Å²) in [5.41, 5.74) is 6.65. The number of nitrogens with two attached hydrogens (primary N) is 1. The largest absolute Gasteiger partial charge is 0.493 e. The van der Waals surface area contributed by atoms with Crippen LogP contribution in [0.2, 0.25) is 0 Å². The lowest BCUT2D eigenvalue weighted by atomic mass is 10.1. The number of amides is 1. The molecule has 4 heteroatoms. The number of ether oxygens (including phenoxy) is 1. The number of carbonyl (C=O) groups is 1. The van der Waals surface area contributed by atoms with Gasteiger partial charge in [0.15, 0.2) is 0 Å². The van der Waals surface area contributed by atoms with Crippen LogP contribution in [0.1, 0.15) is 36.0 Å². The molecule has 1 heterocycles. The Bertz CT molecular complexity index is 468. The molecule has 1 amide bonds. The van der Waals surface area contributed by atoms with Crippen molar-refractivity contribution in [3.05, 3.63) is 29.8 Å². The van der Waals surface area contributed by atoms with Crippen LogP contribution < -0.4 is 10.5 Å². The Morgan fingerprint density at radius 3 is 2.65 bits per heavy atom. The van der Waals surface area contributed by atoms with E-state index in [1.807, 2.05) is 29.2 Å². The number of rotatable bonds is 4. The number of nitrogens with zero attached hydrogens (tertiary/aromatic N) is 1. The second kappa shape index (κ2) is 5.83. The Morgan fingerprint density at radius 1 is 1.25 bits per heavy atom. The van der Waals surface area contributed by atoms with Crippen LogP contribution in [0, 0.1) is 5.92 Å². The molecule has 0 spiro atoms. The molecule has 1 aromatic carbocycles. The summed E-state index contributed by atoms with van der Waals surface area (Å²) in [6.07, 6.45) is 4.57. The molecule has 2 N–H and O–H groups in total. The van der Waals surface area contributed by atoms with Crippen LogP contribution in [-0.4, -0.2) is 36.5 Å². The van der Waals surface area contributed by atoms with Crippen LogP contribution in [0.3, 0.4) is 0 Å². The van der Waals surface area contributed by atoms with E-state index in [1.165, 1.54) is 12.8 Å². The van der Waals surface area contributed by atoms with E-state index in [0.29, 0.717) is 6.54 Å². The predicted octanol–water partition coefficient (Wildman–Crippen LogP) is 2.04. The van der Waals surface area contributed by atoms with E-state index in [4.69, 9.17) is 10.5 Å². The van der Waals surface area contributed by atoms with E-state index in [2.05, 4.69) is 0 Å². The van der Waals surface area contributed by atoms with Crippen molar-refractivity contribution in [2.24, 2.45) is 11.7 Å². The van der Waals surface area contributed by atoms with Crippen molar-refractivity contribution in [2.45, 2.75) is 31.7 Å². The molecule has 2 fully saturated rings. The van der Waals surface area contributed by atoms with E-state index >= 15 is 0 Å². The van der Waals surface area contributed by atoms with Gasteiger partial charge >= 0.3 is 0 Å². The quantitative estimate of drug-likeness (QED) is 0.914. The van der Waals surface area contributed by atoms with Gasteiger partial charge in [-0.15, -0.1) is 0 Å². The number of benzene rings is 1. The molecule has 2 aliphatic rings. The summed E-state index contributed by atoms with van der Waals surface area (Å²) in [6, 6.07) is 7.60. The smallest absolute Gasteiger partial charge is 0.253 e. The molecule has 108 valence electrons. The minimum absolute atomic E-state index is 0.0777. The van der Waals surface area contributed by atoms with E-state index in [0.717, 1.165) is 43.2 Å². The average molecular weight is 274 g/mol. The monoisotopic (exact) mass is 274 g/mol. The zero-order chi connectivity index (χ0) is 13.9. The molecule has 3 rings (SSSR count). The molecule has 1 aliphatic carbocycles. The van der Waals surface area contributed by atoms with Gasteiger partial charge in [0.1, 0.15) is 5.75 Å². The molecule has 0 radical (unpaired) electrons. The molecule has 4 nitrogen and oxygen atoms in total. The van der Waals surface area contributed by atoms with Crippen LogP contribution in [-0.2, 0) is 0 Å². The highest BCUT2D eigenvalue weighted by molar-refractivity contribution is 5.94. The number of carbonyl (C=O) groups excluding carboxylic acids is 1. The van der Waals surface area contributed by atoms with Crippen LogP contribution in [0.15, 0.2) is 24.3 Å². The minimum atomic E-state index is 0.0777. The van der Waals surface area contributed by atoms with Gasteiger partial charge in [-0.3, -0.25) is 4.79 Å². The fourth-order valence-corrected chi connectivity index (χ4v) is 2.57. The molecule has 1 saturated heterocycles. The minimum Gasteiger partial charge on any atom is -0.493 e. The first-order valence-electron chi connectivity index (χ1n) is 7.50. The van der Waals surface area contributed by atoms with Crippen LogP contribution in [0.25, 0.3) is 0 Å². The molecule has 1 saturated carbocycles. The number of hydrogen-bond donors (Lipinski definition) is 1. The molecule has 1 aromatic rings. The topological polar surface area (TPSA) is 55.6 Å². The van der Waals surface area contributed by atoms with Gasteiger partial charge in [-0.2, -0.15) is 0 Å². The highest BCUT2D eigenvalue weighted by Crippen LogP contribution is 2.29. The molecule has 0 aromatic heterocycles. The van der Waals surface area contributed by atoms with Crippen LogP contribution >= 0.6 is 0 Å². The Balaban J connectivity index is 1.59. The fraction of sp³-hybridized carbons (Fsp3) is 0.562. The van der Waals surface area contributed by atoms with Crippen LogP contribution in [0.4, 0.5) is 0 Å². The second-order valence-electron chi connectivity index (χ2n) is 5.93. The van der Waals surface area contributed by atoms with Gasteiger partial charge in [0.25, 0.3) is 5.91 Å². The highest BCUT2D eigenvalue weighted by Gasteiger charge is 2.23. The van der Waals surface area contributed by atoms with Crippen molar-refractivity contribution < 1.29 is 9.53 Å².